The molecule has 0 amide bonds. The highest BCUT2D eigenvalue weighted by molar-refractivity contribution is 7.84. The van der Waals surface area contributed by atoms with Crippen molar-refractivity contribution in [3.63, 3.8) is 0 Å². The van der Waals surface area contributed by atoms with E-state index in [9.17, 15) is 4.21 Å². The molecule has 1 aromatic heterocycles. The number of rotatable bonds is 5. The van der Waals surface area contributed by atoms with Crippen LogP contribution in [0.2, 0.25) is 5.02 Å². The molecule has 2 rings (SSSR count). The van der Waals surface area contributed by atoms with Gasteiger partial charge < -0.3 is 4.74 Å². The van der Waals surface area contributed by atoms with Crippen LogP contribution in [0.3, 0.4) is 0 Å². The van der Waals surface area contributed by atoms with E-state index in [0.717, 1.165) is 5.69 Å². The highest BCUT2D eigenvalue weighted by Gasteiger charge is 2.15. The van der Waals surface area contributed by atoms with Crippen molar-refractivity contribution >= 4 is 22.4 Å². The summed E-state index contributed by atoms with van der Waals surface area (Å²) in [6, 6.07) is 7.29. The van der Waals surface area contributed by atoms with Gasteiger partial charge in [-0.2, -0.15) is 5.10 Å². The van der Waals surface area contributed by atoms with Gasteiger partial charge in [0.25, 0.3) is 0 Å². The SMILES string of the molecule is CCn1ncc(Cl)c1CS(=O)c1ccccc1OC. The number of para-hydroxylation sites is 1. The smallest absolute Gasteiger partial charge is 0.134 e. The van der Waals surface area contributed by atoms with Crippen LogP contribution in [-0.2, 0) is 23.1 Å². The van der Waals surface area contributed by atoms with Gasteiger partial charge in [0.1, 0.15) is 5.75 Å². The molecule has 0 aliphatic carbocycles. The molecule has 1 heterocycles. The molecule has 1 unspecified atom stereocenters. The topological polar surface area (TPSA) is 44.1 Å². The Bertz CT molecular complexity index is 598. The fraction of sp³-hybridized carbons (Fsp3) is 0.308. The summed E-state index contributed by atoms with van der Waals surface area (Å²) in [4.78, 5) is 0.671. The second-order valence-electron chi connectivity index (χ2n) is 3.90. The number of aryl methyl sites for hydroxylation is 1. The summed E-state index contributed by atoms with van der Waals surface area (Å²) in [5, 5.41) is 4.69. The molecule has 0 radical (unpaired) electrons. The maximum absolute atomic E-state index is 12.4. The summed E-state index contributed by atoms with van der Waals surface area (Å²) in [5.74, 6) is 0.951. The van der Waals surface area contributed by atoms with Crippen LogP contribution in [0.15, 0.2) is 35.4 Å². The third-order valence-corrected chi connectivity index (χ3v) is 4.46. The molecular weight excluding hydrogens is 284 g/mol. The molecule has 1 atom stereocenters. The zero-order valence-electron chi connectivity index (χ0n) is 10.8. The Morgan fingerprint density at radius 2 is 2.16 bits per heavy atom. The molecule has 0 aliphatic heterocycles. The number of hydrogen-bond acceptors (Lipinski definition) is 3. The van der Waals surface area contributed by atoms with E-state index in [1.54, 1.807) is 30.1 Å². The number of halogens is 1. The van der Waals surface area contributed by atoms with E-state index in [1.165, 1.54) is 0 Å². The zero-order chi connectivity index (χ0) is 13.8. The monoisotopic (exact) mass is 298 g/mol. The minimum atomic E-state index is -1.22. The van der Waals surface area contributed by atoms with Crippen molar-refractivity contribution < 1.29 is 8.95 Å². The van der Waals surface area contributed by atoms with Gasteiger partial charge in [-0.1, -0.05) is 23.7 Å². The lowest BCUT2D eigenvalue weighted by molar-refractivity contribution is 0.404. The number of methoxy groups -OCH3 is 1. The van der Waals surface area contributed by atoms with Gasteiger partial charge in [0.05, 0.1) is 45.5 Å². The van der Waals surface area contributed by atoms with E-state index >= 15 is 0 Å². The third kappa shape index (κ3) is 2.98. The average molecular weight is 299 g/mol. The zero-order valence-corrected chi connectivity index (χ0v) is 12.4. The van der Waals surface area contributed by atoms with Gasteiger partial charge in [0.2, 0.25) is 0 Å². The lowest BCUT2D eigenvalue weighted by Crippen LogP contribution is -2.07. The molecule has 0 spiro atoms. The van der Waals surface area contributed by atoms with Crippen LogP contribution in [0.25, 0.3) is 0 Å². The van der Waals surface area contributed by atoms with E-state index in [2.05, 4.69) is 5.10 Å². The van der Waals surface area contributed by atoms with Crippen molar-refractivity contribution in [2.75, 3.05) is 7.11 Å². The predicted octanol–water partition coefficient (Wildman–Crippen LogP) is 2.87. The Morgan fingerprint density at radius 1 is 1.42 bits per heavy atom. The molecule has 0 aliphatic rings. The maximum atomic E-state index is 12.4. The van der Waals surface area contributed by atoms with E-state index in [0.29, 0.717) is 28.0 Å². The van der Waals surface area contributed by atoms with E-state index in [-0.39, 0.29) is 0 Å². The summed E-state index contributed by atoms with van der Waals surface area (Å²) in [6.45, 7) is 2.67. The molecule has 2 aromatic rings. The number of aromatic nitrogens is 2. The Morgan fingerprint density at radius 3 is 2.84 bits per heavy atom. The van der Waals surface area contributed by atoms with Crippen molar-refractivity contribution in [1.29, 1.82) is 0 Å². The summed E-state index contributed by atoms with van der Waals surface area (Å²) >= 11 is 6.08. The molecule has 0 N–H and O–H groups in total. The van der Waals surface area contributed by atoms with Crippen LogP contribution >= 0.6 is 11.6 Å². The normalized spacial score (nSPS) is 12.4. The van der Waals surface area contributed by atoms with Gasteiger partial charge in [0.15, 0.2) is 0 Å². The van der Waals surface area contributed by atoms with Gasteiger partial charge >= 0.3 is 0 Å². The standard InChI is InChI=1S/C13H15ClN2O2S/c1-3-16-11(10(14)8-15-16)9-19(17)13-7-5-4-6-12(13)18-2/h4-8H,3,9H2,1-2H3. The first kappa shape index (κ1) is 14.1. The summed E-state index contributed by atoms with van der Waals surface area (Å²) < 4.78 is 19.4. The minimum absolute atomic E-state index is 0.326. The molecular formula is C13H15ClN2O2S. The fourth-order valence-corrected chi connectivity index (χ4v) is 3.41. The summed E-state index contributed by atoms with van der Waals surface area (Å²) in [6.07, 6.45) is 1.58. The lowest BCUT2D eigenvalue weighted by Gasteiger charge is -2.09. The van der Waals surface area contributed by atoms with Gasteiger partial charge in [-0.15, -0.1) is 0 Å². The number of benzene rings is 1. The minimum Gasteiger partial charge on any atom is -0.495 e. The van der Waals surface area contributed by atoms with Gasteiger partial charge in [-0.05, 0) is 19.1 Å². The maximum Gasteiger partial charge on any atom is 0.134 e. The Balaban J connectivity index is 2.28. The van der Waals surface area contributed by atoms with E-state index < -0.39 is 10.8 Å². The fourth-order valence-electron chi connectivity index (χ4n) is 1.81. The van der Waals surface area contributed by atoms with Crippen LogP contribution in [0, 0.1) is 0 Å². The highest BCUT2D eigenvalue weighted by Crippen LogP contribution is 2.25. The van der Waals surface area contributed by atoms with Crippen LogP contribution < -0.4 is 4.74 Å². The summed E-state index contributed by atoms with van der Waals surface area (Å²) in [7, 11) is 0.352. The van der Waals surface area contributed by atoms with Crippen LogP contribution in [-0.4, -0.2) is 21.1 Å². The Labute approximate surface area is 119 Å². The Kier molecular flexibility index (Phi) is 4.61. The lowest BCUT2D eigenvalue weighted by atomic mass is 10.3. The van der Waals surface area contributed by atoms with Crippen molar-refractivity contribution in [1.82, 2.24) is 9.78 Å². The second kappa shape index (κ2) is 6.21. The highest BCUT2D eigenvalue weighted by atomic mass is 35.5. The van der Waals surface area contributed by atoms with Gasteiger partial charge in [-0.25, -0.2) is 0 Å². The van der Waals surface area contributed by atoms with Crippen molar-refractivity contribution in [2.24, 2.45) is 0 Å². The van der Waals surface area contributed by atoms with Gasteiger partial charge in [-0.3, -0.25) is 8.89 Å². The molecule has 0 fully saturated rings. The van der Waals surface area contributed by atoms with Crippen molar-refractivity contribution in [3.05, 3.63) is 41.2 Å². The predicted molar refractivity (Wildman–Crippen MR) is 76.0 cm³/mol. The second-order valence-corrected chi connectivity index (χ2v) is 5.72. The molecule has 0 saturated heterocycles. The van der Waals surface area contributed by atoms with Crippen molar-refractivity contribution in [3.8, 4) is 5.75 Å². The van der Waals surface area contributed by atoms with Crippen LogP contribution in [0.1, 0.15) is 12.6 Å². The van der Waals surface area contributed by atoms with E-state index in [4.69, 9.17) is 16.3 Å². The quantitative estimate of drug-likeness (QED) is 0.852. The first-order valence-electron chi connectivity index (χ1n) is 5.89. The third-order valence-electron chi connectivity index (χ3n) is 2.78. The molecule has 1 aromatic carbocycles. The first-order chi connectivity index (χ1) is 9.17. The number of ether oxygens (including phenoxy) is 1. The first-order valence-corrected chi connectivity index (χ1v) is 7.58. The van der Waals surface area contributed by atoms with Crippen LogP contribution in [0.5, 0.6) is 5.75 Å². The molecule has 102 valence electrons. The number of nitrogens with zero attached hydrogens (tertiary/aromatic N) is 2. The molecule has 0 saturated carbocycles. The Hall–Kier alpha value is -1.33. The molecule has 4 nitrogen and oxygen atoms in total. The molecule has 0 bridgehead atoms. The summed E-state index contributed by atoms with van der Waals surface area (Å²) in [5.41, 5.74) is 0.786. The van der Waals surface area contributed by atoms with Gasteiger partial charge in [0, 0.05) is 6.54 Å². The molecule has 6 heteroatoms. The average Bonchev–Trinajstić information content (AvgIpc) is 2.79. The largest absolute Gasteiger partial charge is 0.495 e. The van der Waals surface area contributed by atoms with Crippen LogP contribution in [0.4, 0.5) is 0 Å². The van der Waals surface area contributed by atoms with E-state index in [1.807, 2.05) is 19.1 Å². The van der Waals surface area contributed by atoms with Crippen molar-refractivity contribution in [2.45, 2.75) is 24.1 Å². The number of hydrogen-bond donors (Lipinski definition) is 0. The molecule has 19 heavy (non-hydrogen) atoms.